The number of aliphatic hydroxyl groups excluding tert-OH is 2. The predicted molar refractivity (Wildman–Crippen MR) is 69.6 cm³/mol. The Hall–Kier alpha value is -2.14. The third-order valence-electron chi connectivity index (χ3n) is 2.86. The van der Waals surface area contributed by atoms with E-state index in [1.807, 2.05) is 0 Å². The summed E-state index contributed by atoms with van der Waals surface area (Å²) in [5, 5.41) is 29.5. The minimum atomic E-state index is -2.27. The van der Waals surface area contributed by atoms with E-state index >= 15 is 0 Å². The maximum atomic E-state index is 12.0. The summed E-state index contributed by atoms with van der Waals surface area (Å²) in [7, 11) is 0. The number of hydrogen-bond acceptors (Lipinski definition) is 5. The average Bonchev–Trinajstić information content (AvgIpc) is 2.35. The summed E-state index contributed by atoms with van der Waals surface area (Å²) < 4.78 is 0. The van der Waals surface area contributed by atoms with Crippen molar-refractivity contribution in [2.24, 2.45) is 0 Å². The van der Waals surface area contributed by atoms with Gasteiger partial charge in [-0.3, -0.25) is 9.59 Å². The van der Waals surface area contributed by atoms with E-state index in [4.69, 9.17) is 0 Å². The molecule has 0 radical (unpaired) electrons. The van der Waals surface area contributed by atoms with Crippen LogP contribution in [0.25, 0.3) is 0 Å². The Kier molecular flexibility index (Phi) is 4.11. The van der Waals surface area contributed by atoms with Crippen LogP contribution in [0.1, 0.15) is 20.8 Å². The van der Waals surface area contributed by atoms with Gasteiger partial charge in [-0.1, -0.05) is 18.2 Å². The van der Waals surface area contributed by atoms with Crippen molar-refractivity contribution in [1.82, 2.24) is 0 Å². The predicted octanol–water partition coefficient (Wildman–Crippen LogP) is 1.67. The lowest BCUT2D eigenvalue weighted by atomic mass is 9.79. The molecule has 0 saturated carbocycles. The smallest absolute Gasteiger partial charge is 0.209 e. The highest BCUT2D eigenvalue weighted by Gasteiger charge is 2.48. The van der Waals surface area contributed by atoms with Crippen LogP contribution in [-0.2, 0) is 9.59 Å². The van der Waals surface area contributed by atoms with E-state index in [0.717, 1.165) is 6.92 Å². The SMILES string of the molecule is C/C=C/C=C/C(O)=C1\C(=O)[C@](C)(O)C(=O)C(C)=C1O. The van der Waals surface area contributed by atoms with Crippen molar-refractivity contribution in [3.05, 3.63) is 47.0 Å². The molecule has 0 fully saturated rings. The summed E-state index contributed by atoms with van der Waals surface area (Å²) >= 11 is 0. The van der Waals surface area contributed by atoms with Crippen LogP contribution in [0.4, 0.5) is 0 Å². The van der Waals surface area contributed by atoms with Crippen LogP contribution in [0.5, 0.6) is 0 Å². The van der Waals surface area contributed by atoms with Crippen LogP contribution in [-0.4, -0.2) is 32.5 Å². The normalized spacial score (nSPS) is 27.8. The summed E-state index contributed by atoms with van der Waals surface area (Å²) in [4.78, 5) is 23.6. The van der Waals surface area contributed by atoms with Crippen LogP contribution in [0, 0.1) is 0 Å². The first-order valence-corrected chi connectivity index (χ1v) is 5.70. The standard InChI is InChI=1S/C14H16O5/c1-4-5-6-7-9(15)10-11(16)8(2)12(17)14(3,19)13(10)18/h4-7,15-16,19H,1-3H3/b5-4+,7-6+,10-9+/t14-/m1/s1. The van der Waals surface area contributed by atoms with E-state index in [-0.39, 0.29) is 5.57 Å². The fraction of sp³-hybridized carbons (Fsp3) is 0.286. The van der Waals surface area contributed by atoms with E-state index in [1.165, 1.54) is 19.1 Å². The lowest BCUT2D eigenvalue weighted by Gasteiger charge is -2.27. The van der Waals surface area contributed by atoms with E-state index in [1.54, 1.807) is 19.1 Å². The van der Waals surface area contributed by atoms with Crippen molar-refractivity contribution < 1.29 is 24.9 Å². The van der Waals surface area contributed by atoms with Crippen molar-refractivity contribution >= 4 is 11.6 Å². The van der Waals surface area contributed by atoms with Crippen LogP contribution in [0.15, 0.2) is 47.0 Å². The van der Waals surface area contributed by atoms with Crippen molar-refractivity contribution in [2.75, 3.05) is 0 Å². The van der Waals surface area contributed by atoms with Gasteiger partial charge in [-0.15, -0.1) is 0 Å². The summed E-state index contributed by atoms with van der Waals surface area (Å²) in [5.74, 6) is -3.01. The highest BCUT2D eigenvalue weighted by Crippen LogP contribution is 2.31. The third-order valence-corrected chi connectivity index (χ3v) is 2.86. The Morgan fingerprint density at radius 1 is 1.21 bits per heavy atom. The van der Waals surface area contributed by atoms with Gasteiger partial charge in [0.1, 0.15) is 17.1 Å². The highest BCUT2D eigenvalue weighted by molar-refractivity contribution is 6.26. The average molecular weight is 264 g/mol. The fourth-order valence-corrected chi connectivity index (χ4v) is 1.69. The van der Waals surface area contributed by atoms with Crippen molar-refractivity contribution in [2.45, 2.75) is 26.4 Å². The summed E-state index contributed by atoms with van der Waals surface area (Å²) in [6.07, 6.45) is 5.98. The molecule has 102 valence electrons. The van der Waals surface area contributed by atoms with Gasteiger partial charge in [0.2, 0.25) is 11.6 Å². The van der Waals surface area contributed by atoms with Crippen LogP contribution in [0.3, 0.4) is 0 Å². The molecule has 0 aromatic rings. The second kappa shape index (κ2) is 5.24. The van der Waals surface area contributed by atoms with E-state index in [2.05, 4.69) is 0 Å². The molecule has 0 amide bonds. The molecular formula is C14H16O5. The molecule has 0 heterocycles. The molecule has 0 aromatic carbocycles. The van der Waals surface area contributed by atoms with E-state index in [0.29, 0.717) is 0 Å². The zero-order valence-corrected chi connectivity index (χ0v) is 11.0. The molecule has 19 heavy (non-hydrogen) atoms. The lowest BCUT2D eigenvalue weighted by Crippen LogP contribution is -2.48. The Morgan fingerprint density at radius 3 is 2.32 bits per heavy atom. The molecule has 0 spiro atoms. The number of hydrogen-bond donors (Lipinski definition) is 3. The second-order valence-electron chi connectivity index (χ2n) is 4.35. The van der Waals surface area contributed by atoms with Gasteiger partial charge < -0.3 is 15.3 Å². The zero-order chi connectivity index (χ0) is 14.8. The van der Waals surface area contributed by atoms with Crippen molar-refractivity contribution in [3.63, 3.8) is 0 Å². The number of carbonyl (C=O) groups excluding carboxylic acids is 2. The van der Waals surface area contributed by atoms with E-state index in [9.17, 15) is 24.9 Å². The third kappa shape index (κ3) is 2.51. The number of carbonyl (C=O) groups is 2. The first-order valence-electron chi connectivity index (χ1n) is 5.70. The molecule has 5 heteroatoms. The molecule has 0 bridgehead atoms. The molecule has 1 aliphatic rings. The summed E-state index contributed by atoms with van der Waals surface area (Å²) in [5.41, 5.74) is -2.89. The minimum absolute atomic E-state index is 0.161. The number of allylic oxidation sites excluding steroid dienone is 5. The van der Waals surface area contributed by atoms with Gasteiger partial charge in [0.25, 0.3) is 0 Å². The highest BCUT2D eigenvalue weighted by atomic mass is 16.3. The molecule has 0 unspecified atom stereocenters. The van der Waals surface area contributed by atoms with Gasteiger partial charge in [-0.2, -0.15) is 0 Å². The number of Topliss-reactive ketones (excluding diaryl/α,β-unsaturated/α-hetero) is 2. The van der Waals surface area contributed by atoms with Crippen molar-refractivity contribution in [3.8, 4) is 0 Å². The van der Waals surface area contributed by atoms with Gasteiger partial charge in [0.05, 0.1) is 0 Å². The Balaban J connectivity index is 3.46. The largest absolute Gasteiger partial charge is 0.507 e. The fourth-order valence-electron chi connectivity index (χ4n) is 1.69. The Morgan fingerprint density at radius 2 is 1.79 bits per heavy atom. The quantitative estimate of drug-likeness (QED) is 0.305. The number of aliphatic hydroxyl groups is 3. The van der Waals surface area contributed by atoms with Gasteiger partial charge in [-0.05, 0) is 26.8 Å². The summed E-state index contributed by atoms with van der Waals surface area (Å²) in [6.45, 7) is 4.09. The second-order valence-corrected chi connectivity index (χ2v) is 4.35. The first-order chi connectivity index (χ1) is 8.75. The number of rotatable bonds is 2. The van der Waals surface area contributed by atoms with Crippen LogP contribution >= 0.6 is 0 Å². The van der Waals surface area contributed by atoms with Gasteiger partial charge in [0, 0.05) is 5.57 Å². The monoisotopic (exact) mass is 264 g/mol. The Labute approximate surface area is 110 Å². The Bertz CT molecular complexity index is 544. The molecule has 3 N–H and O–H groups in total. The van der Waals surface area contributed by atoms with Gasteiger partial charge >= 0.3 is 0 Å². The van der Waals surface area contributed by atoms with E-state index < -0.39 is 34.3 Å². The molecule has 1 aliphatic carbocycles. The topological polar surface area (TPSA) is 94.8 Å². The molecular weight excluding hydrogens is 248 g/mol. The first kappa shape index (κ1) is 14.9. The summed E-state index contributed by atoms with van der Waals surface area (Å²) in [6, 6.07) is 0. The maximum Gasteiger partial charge on any atom is 0.209 e. The maximum absolute atomic E-state index is 12.0. The molecule has 1 atom stereocenters. The molecule has 1 rings (SSSR count). The van der Waals surface area contributed by atoms with Gasteiger partial charge in [-0.25, -0.2) is 0 Å². The zero-order valence-electron chi connectivity index (χ0n) is 11.0. The lowest BCUT2D eigenvalue weighted by molar-refractivity contribution is -0.145. The van der Waals surface area contributed by atoms with Crippen LogP contribution in [0.2, 0.25) is 0 Å². The molecule has 5 nitrogen and oxygen atoms in total. The minimum Gasteiger partial charge on any atom is -0.507 e. The molecule has 0 saturated heterocycles. The van der Waals surface area contributed by atoms with Crippen molar-refractivity contribution in [1.29, 1.82) is 0 Å². The molecule has 0 aliphatic heterocycles. The number of ketones is 2. The molecule has 0 aromatic heterocycles. The van der Waals surface area contributed by atoms with Crippen LogP contribution < -0.4 is 0 Å². The van der Waals surface area contributed by atoms with Gasteiger partial charge in [0.15, 0.2) is 5.60 Å².